The van der Waals surface area contributed by atoms with E-state index in [9.17, 15) is 8.42 Å². The van der Waals surface area contributed by atoms with Crippen molar-refractivity contribution < 1.29 is 13.2 Å². The highest BCUT2D eigenvalue weighted by Crippen LogP contribution is 2.32. The van der Waals surface area contributed by atoms with Gasteiger partial charge in [-0.2, -0.15) is 4.98 Å². The van der Waals surface area contributed by atoms with Crippen LogP contribution in [0.3, 0.4) is 0 Å². The Balaban J connectivity index is 2.11. The molecule has 0 aliphatic carbocycles. The fourth-order valence-electron chi connectivity index (χ4n) is 2.54. The second-order valence-corrected chi connectivity index (χ2v) is 8.00. The lowest BCUT2D eigenvalue weighted by Crippen LogP contribution is -2.41. The highest BCUT2D eigenvalue weighted by atomic mass is 35.5. The third-order valence-corrected chi connectivity index (χ3v) is 4.81. The molecule has 1 aromatic heterocycles. The van der Waals surface area contributed by atoms with Crippen LogP contribution >= 0.6 is 11.6 Å². The quantitative estimate of drug-likeness (QED) is 0.772. The molecule has 1 fully saturated rings. The summed E-state index contributed by atoms with van der Waals surface area (Å²) in [6, 6.07) is 1.56. The third-order valence-electron chi connectivity index (χ3n) is 3.48. The monoisotopic (exact) mass is 334 g/mol. The third kappa shape index (κ3) is 4.98. The van der Waals surface area contributed by atoms with Crippen LogP contribution in [-0.2, 0) is 14.6 Å². The van der Waals surface area contributed by atoms with Crippen molar-refractivity contribution in [1.29, 1.82) is 0 Å². The fourth-order valence-corrected chi connectivity index (χ4v) is 4.23. The second kappa shape index (κ2) is 6.33. The smallest absolute Gasteiger partial charge is 0.223 e. The molecule has 1 aliphatic heterocycles. The molecule has 2 heterocycles. The lowest BCUT2D eigenvalue weighted by Gasteiger charge is -2.36. The SMILES string of the molecule is CS(=O)(=O)CC1(CNc2cc(Cl)nc(N)n2)CCOCC1. The van der Waals surface area contributed by atoms with Crippen LogP contribution in [0.25, 0.3) is 0 Å². The highest BCUT2D eigenvalue weighted by molar-refractivity contribution is 7.90. The second-order valence-electron chi connectivity index (χ2n) is 5.47. The first kappa shape index (κ1) is 16.3. The number of nitrogens with zero attached hydrogens (tertiary/aromatic N) is 2. The molecule has 0 atom stereocenters. The average molecular weight is 335 g/mol. The fraction of sp³-hybridized carbons (Fsp3) is 0.667. The van der Waals surface area contributed by atoms with Gasteiger partial charge in [-0.15, -0.1) is 0 Å². The summed E-state index contributed by atoms with van der Waals surface area (Å²) in [6.07, 6.45) is 2.62. The van der Waals surface area contributed by atoms with E-state index in [1.807, 2.05) is 0 Å². The number of nitrogen functional groups attached to an aromatic ring is 1. The first-order chi connectivity index (χ1) is 9.78. The van der Waals surface area contributed by atoms with Crippen molar-refractivity contribution in [2.45, 2.75) is 12.8 Å². The van der Waals surface area contributed by atoms with Crippen molar-refractivity contribution in [3.8, 4) is 0 Å². The molecule has 3 N–H and O–H groups in total. The van der Waals surface area contributed by atoms with Gasteiger partial charge in [-0.3, -0.25) is 0 Å². The number of aromatic nitrogens is 2. The number of hydrogen-bond donors (Lipinski definition) is 2. The van der Waals surface area contributed by atoms with E-state index >= 15 is 0 Å². The minimum atomic E-state index is -3.08. The molecule has 1 aromatic rings. The number of sulfone groups is 1. The molecule has 0 amide bonds. The summed E-state index contributed by atoms with van der Waals surface area (Å²) < 4.78 is 28.7. The van der Waals surface area contributed by atoms with Crippen LogP contribution in [0.15, 0.2) is 6.07 Å². The highest BCUT2D eigenvalue weighted by Gasteiger charge is 2.36. The van der Waals surface area contributed by atoms with E-state index in [0.717, 1.165) is 0 Å². The number of halogens is 1. The summed E-state index contributed by atoms with van der Waals surface area (Å²) in [5.41, 5.74) is 5.18. The van der Waals surface area contributed by atoms with Gasteiger partial charge in [0.25, 0.3) is 0 Å². The van der Waals surface area contributed by atoms with Crippen LogP contribution in [0.4, 0.5) is 11.8 Å². The number of hydrogen-bond acceptors (Lipinski definition) is 7. The Morgan fingerprint density at radius 2 is 2.10 bits per heavy atom. The van der Waals surface area contributed by atoms with E-state index in [2.05, 4.69) is 15.3 Å². The number of rotatable bonds is 5. The Bertz CT molecular complexity index is 582. The Labute approximate surface area is 129 Å². The molecule has 1 aliphatic rings. The summed E-state index contributed by atoms with van der Waals surface area (Å²) >= 11 is 5.83. The Morgan fingerprint density at radius 1 is 1.43 bits per heavy atom. The van der Waals surface area contributed by atoms with Gasteiger partial charge in [0.05, 0.1) is 5.75 Å². The number of nitrogens with two attached hydrogens (primary N) is 1. The summed E-state index contributed by atoms with van der Waals surface area (Å²) in [5.74, 6) is 0.686. The van der Waals surface area contributed by atoms with E-state index in [1.165, 1.54) is 6.26 Å². The lowest BCUT2D eigenvalue weighted by atomic mass is 9.82. The van der Waals surface area contributed by atoms with E-state index in [1.54, 1.807) is 6.07 Å². The Hall–Kier alpha value is -1.12. The maximum Gasteiger partial charge on any atom is 0.223 e. The number of nitrogens with one attached hydrogen (secondary N) is 1. The van der Waals surface area contributed by atoms with Crippen molar-refractivity contribution >= 4 is 33.2 Å². The Kier molecular flexibility index (Phi) is 4.90. The van der Waals surface area contributed by atoms with Gasteiger partial charge in [0.1, 0.15) is 20.8 Å². The molecule has 0 radical (unpaired) electrons. The van der Waals surface area contributed by atoms with Crippen molar-refractivity contribution in [3.05, 3.63) is 11.2 Å². The van der Waals surface area contributed by atoms with E-state index in [-0.39, 0.29) is 22.3 Å². The minimum absolute atomic E-state index is 0.0779. The van der Waals surface area contributed by atoms with Gasteiger partial charge in [-0.1, -0.05) is 11.6 Å². The molecule has 0 spiro atoms. The topological polar surface area (TPSA) is 107 Å². The van der Waals surface area contributed by atoms with Crippen LogP contribution < -0.4 is 11.1 Å². The molecule has 0 aromatic carbocycles. The summed E-state index contributed by atoms with van der Waals surface area (Å²) in [5, 5.41) is 3.37. The minimum Gasteiger partial charge on any atom is -0.381 e. The largest absolute Gasteiger partial charge is 0.381 e. The molecular weight excluding hydrogens is 316 g/mol. The van der Waals surface area contributed by atoms with E-state index in [0.29, 0.717) is 38.4 Å². The molecule has 118 valence electrons. The van der Waals surface area contributed by atoms with Crippen LogP contribution in [0.5, 0.6) is 0 Å². The predicted molar refractivity (Wildman–Crippen MR) is 82.1 cm³/mol. The van der Waals surface area contributed by atoms with Gasteiger partial charge >= 0.3 is 0 Å². The molecular formula is C12H19ClN4O3S. The van der Waals surface area contributed by atoms with Crippen molar-refractivity contribution in [2.75, 3.05) is 42.8 Å². The maximum absolute atomic E-state index is 11.7. The van der Waals surface area contributed by atoms with Gasteiger partial charge in [-0.05, 0) is 12.8 Å². The van der Waals surface area contributed by atoms with Crippen LogP contribution in [0, 0.1) is 5.41 Å². The first-order valence-electron chi connectivity index (χ1n) is 6.57. The van der Waals surface area contributed by atoms with Crippen LogP contribution in [0.1, 0.15) is 12.8 Å². The van der Waals surface area contributed by atoms with Crippen LogP contribution in [0.2, 0.25) is 5.15 Å². The summed E-state index contributed by atoms with van der Waals surface area (Å²) in [6.45, 7) is 1.59. The van der Waals surface area contributed by atoms with Gasteiger partial charge < -0.3 is 15.8 Å². The van der Waals surface area contributed by atoms with Gasteiger partial charge in [0, 0.05) is 37.5 Å². The maximum atomic E-state index is 11.7. The Morgan fingerprint density at radius 3 is 2.67 bits per heavy atom. The molecule has 2 rings (SSSR count). The lowest BCUT2D eigenvalue weighted by molar-refractivity contribution is 0.0315. The molecule has 21 heavy (non-hydrogen) atoms. The number of anilines is 2. The predicted octanol–water partition coefficient (Wildman–Crippen LogP) is 0.965. The first-order valence-corrected chi connectivity index (χ1v) is 9.01. The standard InChI is InChI=1S/C12H19ClN4O3S/c1-21(18,19)8-12(2-4-20-5-3-12)7-15-10-6-9(13)16-11(14)17-10/h6H,2-5,7-8H2,1H3,(H3,14,15,16,17). The van der Waals surface area contributed by atoms with Gasteiger partial charge in [-0.25, -0.2) is 13.4 Å². The number of ether oxygens (including phenoxy) is 1. The zero-order valence-electron chi connectivity index (χ0n) is 11.8. The molecule has 9 heteroatoms. The summed E-state index contributed by atoms with van der Waals surface area (Å²) in [4.78, 5) is 7.82. The summed E-state index contributed by atoms with van der Waals surface area (Å²) in [7, 11) is -3.08. The van der Waals surface area contributed by atoms with Crippen molar-refractivity contribution in [1.82, 2.24) is 9.97 Å². The van der Waals surface area contributed by atoms with Gasteiger partial charge in [0.2, 0.25) is 5.95 Å². The normalized spacial score (nSPS) is 18.4. The van der Waals surface area contributed by atoms with E-state index < -0.39 is 9.84 Å². The molecule has 0 unspecified atom stereocenters. The molecule has 0 bridgehead atoms. The average Bonchev–Trinajstić information content (AvgIpc) is 2.34. The van der Waals surface area contributed by atoms with Gasteiger partial charge in [0.15, 0.2) is 0 Å². The molecule has 7 nitrogen and oxygen atoms in total. The van der Waals surface area contributed by atoms with Crippen molar-refractivity contribution in [3.63, 3.8) is 0 Å². The molecule has 1 saturated heterocycles. The zero-order valence-corrected chi connectivity index (χ0v) is 13.4. The van der Waals surface area contributed by atoms with Crippen molar-refractivity contribution in [2.24, 2.45) is 5.41 Å². The van der Waals surface area contributed by atoms with E-state index in [4.69, 9.17) is 22.1 Å². The van der Waals surface area contributed by atoms with Crippen LogP contribution in [-0.4, -0.2) is 50.2 Å². The zero-order chi connectivity index (χ0) is 15.5. The molecule has 0 saturated carbocycles.